The Morgan fingerprint density at radius 2 is 1.85 bits per heavy atom. The van der Waals surface area contributed by atoms with Crippen molar-refractivity contribution in [3.8, 4) is 11.5 Å². The Hall–Kier alpha value is -3.78. The second-order valence-corrected chi connectivity index (χ2v) is 8.54. The molecule has 0 bridgehead atoms. The second kappa shape index (κ2) is 8.99. The average Bonchev–Trinajstić information content (AvgIpc) is 3.30. The van der Waals surface area contributed by atoms with Crippen LogP contribution in [0.15, 0.2) is 76.5 Å². The molecule has 0 spiro atoms. The first-order chi connectivity index (χ1) is 16.1. The third kappa shape index (κ3) is 4.42. The number of nitrogens with one attached hydrogen (secondary N) is 1. The summed E-state index contributed by atoms with van der Waals surface area (Å²) in [5, 5.41) is 2.85. The van der Waals surface area contributed by atoms with E-state index in [1.165, 1.54) is 28.8 Å². The molecule has 0 aliphatic carbocycles. The summed E-state index contributed by atoms with van der Waals surface area (Å²) in [6, 6.07) is 19.1. The standard InChI is InChI=1S/C25H19FN2O4S/c26-18-6-2-1-5-17(18)12-23-25(30)28(19-7-3-4-8-22(19)33-23)14-24(29)27-13-16-9-10-20-21(11-16)32-15-31-20/h1-12H,13-15H2,(H,27,29). The Labute approximate surface area is 194 Å². The third-order valence-electron chi connectivity index (χ3n) is 5.25. The first-order valence-corrected chi connectivity index (χ1v) is 11.1. The van der Waals surface area contributed by atoms with Crippen LogP contribution in [0.1, 0.15) is 11.1 Å². The van der Waals surface area contributed by atoms with Crippen LogP contribution in [-0.4, -0.2) is 25.2 Å². The number of carbonyl (C=O) groups is 2. The molecule has 0 fully saturated rings. The number of hydrogen-bond acceptors (Lipinski definition) is 5. The van der Waals surface area contributed by atoms with Crippen LogP contribution in [0, 0.1) is 5.82 Å². The minimum atomic E-state index is -0.412. The Balaban J connectivity index is 1.34. The molecule has 0 saturated heterocycles. The lowest BCUT2D eigenvalue weighted by molar-refractivity contribution is -0.122. The number of rotatable bonds is 5. The number of hydrogen-bond donors (Lipinski definition) is 1. The highest BCUT2D eigenvalue weighted by molar-refractivity contribution is 8.04. The molecule has 0 saturated carbocycles. The van der Waals surface area contributed by atoms with Crippen molar-refractivity contribution in [2.75, 3.05) is 18.2 Å². The SMILES string of the molecule is O=C(CN1C(=O)C(=Cc2ccccc2F)Sc2ccccc21)NCc1ccc2c(c1)OCO2. The molecule has 5 rings (SSSR count). The summed E-state index contributed by atoms with van der Waals surface area (Å²) in [6.07, 6.45) is 1.52. The lowest BCUT2D eigenvalue weighted by Crippen LogP contribution is -2.42. The smallest absolute Gasteiger partial charge is 0.265 e. The maximum Gasteiger partial charge on any atom is 0.265 e. The molecule has 1 N–H and O–H groups in total. The van der Waals surface area contributed by atoms with Gasteiger partial charge in [0.1, 0.15) is 12.4 Å². The zero-order valence-corrected chi connectivity index (χ0v) is 18.2. The van der Waals surface area contributed by atoms with Crippen molar-refractivity contribution in [2.45, 2.75) is 11.4 Å². The summed E-state index contributed by atoms with van der Waals surface area (Å²) >= 11 is 1.27. The lowest BCUT2D eigenvalue weighted by atomic mass is 10.2. The first kappa shape index (κ1) is 21.1. The number of ether oxygens (including phenoxy) is 2. The molecule has 2 amide bonds. The quantitative estimate of drug-likeness (QED) is 0.571. The number of para-hydroxylation sites is 1. The second-order valence-electron chi connectivity index (χ2n) is 7.46. The van der Waals surface area contributed by atoms with Crippen LogP contribution in [0.5, 0.6) is 11.5 Å². The molecule has 3 aromatic rings. The Morgan fingerprint density at radius 3 is 2.73 bits per heavy atom. The number of fused-ring (bicyclic) bond motifs is 2. The summed E-state index contributed by atoms with van der Waals surface area (Å²) in [7, 11) is 0. The Bertz CT molecular complexity index is 1280. The van der Waals surface area contributed by atoms with E-state index in [4.69, 9.17) is 9.47 Å². The van der Waals surface area contributed by atoms with Gasteiger partial charge in [0.25, 0.3) is 5.91 Å². The topological polar surface area (TPSA) is 67.9 Å². The van der Waals surface area contributed by atoms with Gasteiger partial charge in [0.2, 0.25) is 12.7 Å². The van der Waals surface area contributed by atoms with Gasteiger partial charge in [-0.2, -0.15) is 0 Å². The monoisotopic (exact) mass is 462 g/mol. The molecular weight excluding hydrogens is 443 g/mol. The van der Waals surface area contributed by atoms with Gasteiger partial charge in [-0.25, -0.2) is 4.39 Å². The van der Waals surface area contributed by atoms with Gasteiger partial charge in [0.05, 0.1) is 10.6 Å². The third-order valence-corrected chi connectivity index (χ3v) is 6.33. The van der Waals surface area contributed by atoms with Gasteiger partial charge < -0.3 is 14.8 Å². The van der Waals surface area contributed by atoms with Crippen molar-refractivity contribution >= 4 is 35.3 Å². The van der Waals surface area contributed by atoms with E-state index in [9.17, 15) is 14.0 Å². The molecule has 166 valence electrons. The van der Waals surface area contributed by atoms with Crippen LogP contribution < -0.4 is 19.7 Å². The summed E-state index contributed by atoms with van der Waals surface area (Å²) in [5.41, 5.74) is 1.82. The van der Waals surface area contributed by atoms with Crippen LogP contribution >= 0.6 is 11.8 Å². The van der Waals surface area contributed by atoms with E-state index in [1.807, 2.05) is 30.3 Å². The molecule has 2 aliphatic heterocycles. The van der Waals surface area contributed by atoms with Crippen LogP contribution in [0.4, 0.5) is 10.1 Å². The van der Waals surface area contributed by atoms with Gasteiger partial charge in [-0.15, -0.1) is 0 Å². The number of benzene rings is 3. The largest absolute Gasteiger partial charge is 0.454 e. The van der Waals surface area contributed by atoms with Crippen LogP contribution in [0.2, 0.25) is 0 Å². The van der Waals surface area contributed by atoms with E-state index in [0.717, 1.165) is 10.5 Å². The zero-order chi connectivity index (χ0) is 22.8. The van der Waals surface area contributed by atoms with E-state index < -0.39 is 5.82 Å². The summed E-state index contributed by atoms with van der Waals surface area (Å²) in [4.78, 5) is 28.6. The van der Waals surface area contributed by atoms with Crippen molar-refractivity contribution in [3.63, 3.8) is 0 Å². The van der Waals surface area contributed by atoms with Crippen molar-refractivity contribution in [1.29, 1.82) is 0 Å². The van der Waals surface area contributed by atoms with Gasteiger partial charge in [-0.05, 0) is 42.0 Å². The molecule has 2 aliphatic rings. The molecule has 33 heavy (non-hydrogen) atoms. The number of thioether (sulfide) groups is 1. The molecule has 0 atom stereocenters. The fourth-order valence-corrected chi connectivity index (χ4v) is 4.65. The van der Waals surface area contributed by atoms with Gasteiger partial charge in [0, 0.05) is 17.0 Å². The first-order valence-electron chi connectivity index (χ1n) is 10.3. The van der Waals surface area contributed by atoms with Crippen LogP contribution in [-0.2, 0) is 16.1 Å². The molecule has 0 aromatic heterocycles. The fraction of sp³-hybridized carbons (Fsp3) is 0.120. The van der Waals surface area contributed by atoms with Gasteiger partial charge in [0.15, 0.2) is 11.5 Å². The average molecular weight is 463 g/mol. The molecular formula is C25H19FN2O4S. The van der Waals surface area contributed by atoms with E-state index in [2.05, 4.69) is 5.32 Å². The fourth-order valence-electron chi connectivity index (χ4n) is 3.60. The van der Waals surface area contributed by atoms with Crippen molar-refractivity contribution in [3.05, 3.63) is 88.6 Å². The zero-order valence-electron chi connectivity index (χ0n) is 17.4. The molecule has 8 heteroatoms. The van der Waals surface area contributed by atoms with Crippen molar-refractivity contribution in [1.82, 2.24) is 5.32 Å². The molecule has 6 nitrogen and oxygen atoms in total. The van der Waals surface area contributed by atoms with E-state index in [-0.39, 0.29) is 31.7 Å². The van der Waals surface area contributed by atoms with E-state index in [0.29, 0.717) is 27.7 Å². The Morgan fingerprint density at radius 1 is 1.06 bits per heavy atom. The number of anilines is 1. The van der Waals surface area contributed by atoms with E-state index in [1.54, 1.807) is 30.3 Å². The van der Waals surface area contributed by atoms with Crippen LogP contribution in [0.3, 0.4) is 0 Å². The van der Waals surface area contributed by atoms with E-state index >= 15 is 0 Å². The molecule has 0 radical (unpaired) electrons. The highest BCUT2D eigenvalue weighted by atomic mass is 32.2. The number of halogens is 1. The molecule has 0 unspecified atom stereocenters. The van der Waals surface area contributed by atoms with Crippen molar-refractivity contribution in [2.24, 2.45) is 0 Å². The minimum Gasteiger partial charge on any atom is -0.454 e. The predicted molar refractivity (Wildman–Crippen MR) is 123 cm³/mol. The highest BCUT2D eigenvalue weighted by Gasteiger charge is 2.30. The number of amides is 2. The molecule has 3 aromatic carbocycles. The predicted octanol–water partition coefficient (Wildman–Crippen LogP) is 4.35. The number of nitrogens with zero attached hydrogens (tertiary/aromatic N) is 1. The minimum absolute atomic E-state index is 0.157. The van der Waals surface area contributed by atoms with Gasteiger partial charge >= 0.3 is 0 Å². The molecule has 2 heterocycles. The highest BCUT2D eigenvalue weighted by Crippen LogP contribution is 2.42. The lowest BCUT2D eigenvalue weighted by Gasteiger charge is -2.29. The number of carbonyl (C=O) groups excluding carboxylic acids is 2. The normalized spacial score (nSPS) is 15.5. The maximum absolute atomic E-state index is 14.2. The van der Waals surface area contributed by atoms with Crippen molar-refractivity contribution < 1.29 is 23.5 Å². The summed E-state index contributed by atoms with van der Waals surface area (Å²) in [6.45, 7) is 0.309. The Kier molecular flexibility index (Phi) is 5.75. The van der Waals surface area contributed by atoms with Crippen LogP contribution in [0.25, 0.3) is 6.08 Å². The van der Waals surface area contributed by atoms with Gasteiger partial charge in [-0.1, -0.05) is 48.2 Å². The van der Waals surface area contributed by atoms with Gasteiger partial charge in [-0.3, -0.25) is 14.5 Å². The maximum atomic E-state index is 14.2. The summed E-state index contributed by atoms with van der Waals surface area (Å²) in [5.74, 6) is 0.243. The summed E-state index contributed by atoms with van der Waals surface area (Å²) < 4.78 is 24.8.